The van der Waals surface area contributed by atoms with Crippen LogP contribution >= 0.6 is 0 Å². The molecule has 15 rings (SSSR count). The third kappa shape index (κ3) is 4.19. The fourth-order valence-corrected chi connectivity index (χ4v) is 12.8. The van der Waals surface area contributed by atoms with Crippen LogP contribution in [0.25, 0.3) is 131 Å². The summed E-state index contributed by atoms with van der Waals surface area (Å²) < 4.78 is 7.07. The lowest BCUT2D eigenvalue weighted by Gasteiger charge is -2.31. The summed E-state index contributed by atoms with van der Waals surface area (Å²) in [4.78, 5) is 0. The van der Waals surface area contributed by atoms with Gasteiger partial charge in [0.05, 0.1) is 0 Å². The van der Waals surface area contributed by atoms with Gasteiger partial charge in [-0.1, -0.05) is 155 Å². The summed E-state index contributed by atoms with van der Waals surface area (Å²) in [7, 11) is 0. The number of para-hydroxylation sites is 1. The lowest BCUT2D eigenvalue weighted by Crippen LogP contribution is -2.24. The molecule has 0 bridgehead atoms. The molecule has 1 heterocycles. The van der Waals surface area contributed by atoms with E-state index in [0.29, 0.717) is 0 Å². The van der Waals surface area contributed by atoms with E-state index in [2.05, 4.69) is 198 Å². The van der Waals surface area contributed by atoms with Crippen LogP contribution in [0.15, 0.2) is 174 Å². The highest BCUT2D eigenvalue weighted by Crippen LogP contribution is 2.63. The minimum Gasteiger partial charge on any atom is -0.455 e. The van der Waals surface area contributed by atoms with Gasteiger partial charge in [0.1, 0.15) is 11.2 Å². The summed E-state index contributed by atoms with van der Waals surface area (Å²) in [5.74, 6) is 0. The van der Waals surface area contributed by atoms with Crippen molar-refractivity contribution in [3.05, 3.63) is 192 Å². The average Bonchev–Trinajstić information content (AvgIpc) is 3.89. The number of benzene rings is 12. The van der Waals surface area contributed by atoms with Crippen LogP contribution in [-0.2, 0) is 10.8 Å². The summed E-state index contributed by atoms with van der Waals surface area (Å²) >= 11 is 0. The topological polar surface area (TPSA) is 13.1 Å². The van der Waals surface area contributed by atoms with Crippen molar-refractivity contribution < 1.29 is 4.42 Å². The van der Waals surface area contributed by atoms with Crippen LogP contribution in [0.5, 0.6) is 0 Å². The Morgan fingerprint density at radius 3 is 1.24 bits per heavy atom. The molecule has 0 fully saturated rings. The lowest BCUT2D eigenvalue weighted by molar-refractivity contribution is 0.600. The largest absolute Gasteiger partial charge is 0.455 e. The molecule has 2 aliphatic rings. The molecule has 1 aromatic heterocycles. The van der Waals surface area contributed by atoms with Crippen molar-refractivity contribution in [1.82, 2.24) is 0 Å². The fraction of sp³-hybridized carbons (Fsp3) is 0.0968. The Hall–Kier alpha value is -7.48. The fourth-order valence-electron chi connectivity index (χ4n) is 12.8. The summed E-state index contributed by atoms with van der Waals surface area (Å²) in [6, 6.07) is 64.4. The third-order valence-corrected chi connectivity index (χ3v) is 15.6. The second kappa shape index (κ2) is 11.3. The van der Waals surface area contributed by atoms with Crippen LogP contribution in [0.3, 0.4) is 0 Å². The first kappa shape index (κ1) is 34.1. The molecular formula is C62H40O. The maximum Gasteiger partial charge on any atom is 0.144 e. The summed E-state index contributed by atoms with van der Waals surface area (Å²) in [6.45, 7) is 9.82. The molecule has 63 heavy (non-hydrogen) atoms. The normalized spacial score (nSPS) is 14.9. The van der Waals surface area contributed by atoms with Crippen LogP contribution in [-0.4, -0.2) is 0 Å². The van der Waals surface area contributed by atoms with E-state index in [4.69, 9.17) is 4.42 Å². The van der Waals surface area contributed by atoms with Gasteiger partial charge in [-0.05, 0) is 168 Å². The van der Waals surface area contributed by atoms with Crippen LogP contribution < -0.4 is 0 Å². The molecule has 1 heteroatoms. The molecule has 0 aliphatic heterocycles. The summed E-state index contributed by atoms with van der Waals surface area (Å²) in [6.07, 6.45) is 0. The Kier molecular flexibility index (Phi) is 6.13. The van der Waals surface area contributed by atoms with E-state index in [-0.39, 0.29) is 10.8 Å². The highest BCUT2D eigenvalue weighted by Gasteiger charge is 2.48. The van der Waals surface area contributed by atoms with Crippen molar-refractivity contribution in [3.8, 4) is 44.5 Å². The van der Waals surface area contributed by atoms with Crippen LogP contribution in [0, 0.1) is 0 Å². The first-order valence-electron chi connectivity index (χ1n) is 22.4. The molecule has 1 nitrogen and oxygen atoms in total. The Bertz CT molecular complexity index is 4060. The first-order chi connectivity index (χ1) is 30.7. The zero-order valence-corrected chi connectivity index (χ0v) is 35.6. The van der Waals surface area contributed by atoms with E-state index in [1.807, 2.05) is 0 Å². The van der Waals surface area contributed by atoms with E-state index in [9.17, 15) is 0 Å². The molecule has 294 valence electrons. The van der Waals surface area contributed by atoms with Gasteiger partial charge in [0.15, 0.2) is 0 Å². The van der Waals surface area contributed by atoms with Crippen LogP contribution in [0.2, 0.25) is 0 Å². The number of hydrogen-bond donors (Lipinski definition) is 0. The first-order valence-corrected chi connectivity index (χ1v) is 22.4. The summed E-state index contributed by atoms with van der Waals surface area (Å²) in [5.41, 5.74) is 17.2. The van der Waals surface area contributed by atoms with E-state index < -0.39 is 0 Å². The van der Waals surface area contributed by atoms with Crippen molar-refractivity contribution in [1.29, 1.82) is 0 Å². The molecule has 0 radical (unpaired) electrons. The van der Waals surface area contributed by atoms with Crippen molar-refractivity contribution in [2.24, 2.45) is 0 Å². The van der Waals surface area contributed by atoms with Gasteiger partial charge in [-0.2, -0.15) is 0 Å². The van der Waals surface area contributed by atoms with Gasteiger partial charge in [-0.3, -0.25) is 0 Å². The Labute approximate surface area is 364 Å². The average molecular weight is 801 g/mol. The van der Waals surface area contributed by atoms with E-state index in [0.717, 1.165) is 11.2 Å². The Morgan fingerprint density at radius 2 is 0.746 bits per heavy atom. The zero-order chi connectivity index (χ0) is 41.7. The second-order valence-corrected chi connectivity index (χ2v) is 19.6. The predicted octanol–water partition coefficient (Wildman–Crippen LogP) is 17.3. The summed E-state index contributed by atoms with van der Waals surface area (Å²) in [5, 5.41) is 18.2. The monoisotopic (exact) mass is 800 g/mol. The highest BCUT2D eigenvalue weighted by atomic mass is 16.3. The predicted molar refractivity (Wildman–Crippen MR) is 267 cm³/mol. The smallest absolute Gasteiger partial charge is 0.144 e. The van der Waals surface area contributed by atoms with Gasteiger partial charge < -0.3 is 4.42 Å². The van der Waals surface area contributed by atoms with Gasteiger partial charge in [0.25, 0.3) is 0 Å². The van der Waals surface area contributed by atoms with Gasteiger partial charge >= 0.3 is 0 Å². The van der Waals surface area contributed by atoms with Crippen LogP contribution in [0.4, 0.5) is 0 Å². The number of rotatable bonds is 2. The molecule has 12 aromatic carbocycles. The molecule has 0 saturated carbocycles. The maximum atomic E-state index is 7.07. The molecule has 0 amide bonds. The third-order valence-electron chi connectivity index (χ3n) is 15.6. The van der Waals surface area contributed by atoms with E-state index >= 15 is 0 Å². The minimum absolute atomic E-state index is 0.273. The Morgan fingerprint density at radius 1 is 0.333 bits per heavy atom. The van der Waals surface area contributed by atoms with Gasteiger partial charge in [-0.25, -0.2) is 0 Å². The molecule has 13 aromatic rings. The number of furan rings is 1. The maximum absolute atomic E-state index is 7.07. The van der Waals surface area contributed by atoms with E-state index in [1.165, 1.54) is 142 Å². The van der Waals surface area contributed by atoms with Gasteiger partial charge in [0.2, 0.25) is 0 Å². The van der Waals surface area contributed by atoms with E-state index in [1.54, 1.807) is 0 Å². The van der Waals surface area contributed by atoms with Crippen molar-refractivity contribution in [2.45, 2.75) is 38.5 Å². The van der Waals surface area contributed by atoms with Crippen molar-refractivity contribution in [3.63, 3.8) is 0 Å². The quantitative estimate of drug-likeness (QED) is 0.159. The SMILES string of the molecule is CC1(C)c2cc(-c3cc4ccc5cccc6ccc(c3)c4c56)ccc2-c2c1c1c(c3c2oc2ccccc23)-c2ccc(-c3cc4ccc5cccc6ccc(c3)c4c56)cc2C1(C)C. The molecule has 0 spiro atoms. The second-order valence-electron chi connectivity index (χ2n) is 19.6. The van der Waals surface area contributed by atoms with Crippen molar-refractivity contribution in [2.75, 3.05) is 0 Å². The zero-order valence-electron chi connectivity index (χ0n) is 35.6. The van der Waals surface area contributed by atoms with Gasteiger partial charge in [0, 0.05) is 27.2 Å². The molecular weight excluding hydrogens is 761 g/mol. The van der Waals surface area contributed by atoms with Crippen LogP contribution in [0.1, 0.15) is 49.9 Å². The standard InChI is InChI=1S/C62H40O/c1-61(2)48-31-37(43-27-39-19-15-33-9-7-10-34-16-20-40(28-43)53(39)51(33)34)23-25-45(48)55-56-47-13-5-6-14-50(47)63-60(56)57-46-26-24-38(32-49(46)62(3,4)59(57)58(55)61)44-29-41-21-17-35-11-8-12-36-18-22-42(30-44)54(41)52(35)36/h5-32H,1-4H3. The minimum atomic E-state index is -0.287. The highest BCUT2D eigenvalue weighted by molar-refractivity contribution is 6.26. The molecule has 2 aliphatic carbocycles. The molecule has 0 saturated heterocycles. The van der Waals surface area contributed by atoms with Crippen molar-refractivity contribution >= 4 is 86.6 Å². The van der Waals surface area contributed by atoms with Gasteiger partial charge in [-0.15, -0.1) is 0 Å². The molecule has 0 unspecified atom stereocenters. The number of hydrogen-bond acceptors (Lipinski definition) is 1. The number of fused-ring (bicyclic) bond motifs is 12. The molecule has 0 N–H and O–H groups in total. The molecule has 0 atom stereocenters. The lowest BCUT2D eigenvalue weighted by atomic mass is 9.71. The Balaban J connectivity index is 0.939.